The lowest BCUT2D eigenvalue weighted by atomic mass is 10.2. The van der Waals surface area contributed by atoms with Crippen LogP contribution in [0.15, 0.2) is 0 Å². The van der Waals surface area contributed by atoms with Crippen molar-refractivity contribution in [2.75, 3.05) is 26.9 Å². The number of unbranched alkanes of at least 4 members (excludes halogenated alkanes) is 2. The Morgan fingerprint density at radius 2 is 1.64 bits per heavy atom. The average molecular weight is 320 g/mol. The third kappa shape index (κ3) is 21.2. The average Bonchev–Trinajstić information content (AvgIpc) is 2.49. The van der Waals surface area contributed by atoms with Crippen LogP contribution in [0, 0.1) is 0 Å². The van der Waals surface area contributed by atoms with Crippen molar-refractivity contribution in [2.24, 2.45) is 0 Å². The molecule has 0 saturated heterocycles. The molecule has 0 aliphatic heterocycles. The van der Waals surface area contributed by atoms with Gasteiger partial charge in [-0.3, -0.25) is 9.59 Å². The number of aliphatic hydroxyl groups excluding tert-OH is 1. The van der Waals surface area contributed by atoms with Crippen molar-refractivity contribution >= 4 is 11.9 Å². The van der Waals surface area contributed by atoms with Crippen molar-refractivity contribution in [1.29, 1.82) is 0 Å². The second-order valence-electron chi connectivity index (χ2n) is 4.92. The van der Waals surface area contributed by atoms with E-state index in [0.717, 1.165) is 19.4 Å². The highest BCUT2D eigenvalue weighted by Crippen LogP contribution is 2.01. The van der Waals surface area contributed by atoms with Crippen LogP contribution < -0.4 is 0 Å². The highest BCUT2D eigenvalue weighted by atomic mass is 16.5. The molecule has 22 heavy (non-hydrogen) atoms. The molecular formula is C16H32O6. The summed E-state index contributed by atoms with van der Waals surface area (Å²) in [7, 11) is 1.73. The molecule has 0 radical (unpaired) electrons. The molecule has 1 unspecified atom stereocenters. The molecule has 0 spiro atoms. The first-order chi connectivity index (χ1) is 10.5. The molecule has 0 fully saturated rings. The Balaban J connectivity index is 0. The van der Waals surface area contributed by atoms with Crippen LogP contribution in [0.2, 0.25) is 0 Å². The second kappa shape index (κ2) is 17.9. The van der Waals surface area contributed by atoms with Crippen molar-refractivity contribution in [3.05, 3.63) is 0 Å². The summed E-state index contributed by atoms with van der Waals surface area (Å²) < 4.78 is 14.3. The third-order valence-corrected chi connectivity index (χ3v) is 2.62. The van der Waals surface area contributed by atoms with Gasteiger partial charge in [-0.15, -0.1) is 0 Å². The number of methoxy groups -OCH3 is 1. The van der Waals surface area contributed by atoms with E-state index < -0.39 is 12.1 Å². The first kappa shape index (κ1) is 23.1. The number of carbonyl (C=O) groups excluding carboxylic acids is 2. The van der Waals surface area contributed by atoms with Gasteiger partial charge in [0, 0.05) is 27.1 Å². The van der Waals surface area contributed by atoms with Gasteiger partial charge in [0.25, 0.3) is 0 Å². The number of aliphatic hydroxyl groups is 1. The van der Waals surface area contributed by atoms with Crippen molar-refractivity contribution in [3.63, 3.8) is 0 Å². The number of rotatable bonds is 11. The summed E-state index contributed by atoms with van der Waals surface area (Å²) in [6.45, 7) is 6.70. The Labute approximate surface area is 134 Å². The van der Waals surface area contributed by atoms with Crippen LogP contribution >= 0.6 is 0 Å². The zero-order chi connectivity index (χ0) is 17.2. The third-order valence-electron chi connectivity index (χ3n) is 2.62. The van der Waals surface area contributed by atoms with E-state index in [9.17, 15) is 14.7 Å². The molecule has 0 heterocycles. The molecule has 0 bridgehead atoms. The van der Waals surface area contributed by atoms with Crippen molar-refractivity contribution in [3.8, 4) is 0 Å². The van der Waals surface area contributed by atoms with Crippen molar-refractivity contribution in [1.82, 2.24) is 0 Å². The van der Waals surface area contributed by atoms with Crippen LogP contribution in [-0.2, 0) is 23.8 Å². The van der Waals surface area contributed by atoms with Gasteiger partial charge >= 0.3 is 11.9 Å². The van der Waals surface area contributed by atoms with Gasteiger partial charge in [-0.2, -0.15) is 0 Å². The summed E-state index contributed by atoms with van der Waals surface area (Å²) in [5.41, 5.74) is 0. The maximum Gasteiger partial charge on any atom is 0.305 e. The lowest BCUT2D eigenvalue weighted by Gasteiger charge is -2.09. The molecule has 0 aromatic carbocycles. The fourth-order valence-corrected chi connectivity index (χ4v) is 1.27. The highest BCUT2D eigenvalue weighted by Gasteiger charge is 2.10. The summed E-state index contributed by atoms with van der Waals surface area (Å²) in [4.78, 5) is 21.6. The standard InChI is InChI=1S/C11H20O5.C5H12O/c1-3-4-7-15-11(14)6-5-10(13)8-16-9(2)12;1-3-4-5-6-2/h10,13H,3-8H2,1-2H3;3-5H2,1-2H3. The summed E-state index contributed by atoms with van der Waals surface area (Å²) >= 11 is 0. The van der Waals surface area contributed by atoms with Gasteiger partial charge in [-0.25, -0.2) is 0 Å². The van der Waals surface area contributed by atoms with E-state index in [4.69, 9.17) is 9.47 Å². The minimum absolute atomic E-state index is 0.0719. The van der Waals surface area contributed by atoms with Gasteiger partial charge in [-0.1, -0.05) is 26.7 Å². The fraction of sp³-hybridized carbons (Fsp3) is 0.875. The van der Waals surface area contributed by atoms with Gasteiger partial charge in [0.1, 0.15) is 6.61 Å². The van der Waals surface area contributed by atoms with Gasteiger partial charge in [-0.05, 0) is 19.3 Å². The zero-order valence-corrected chi connectivity index (χ0v) is 14.4. The molecule has 0 aromatic rings. The molecule has 0 saturated carbocycles. The van der Waals surface area contributed by atoms with Gasteiger partial charge in [0.2, 0.25) is 0 Å². The van der Waals surface area contributed by atoms with Crippen LogP contribution in [0.1, 0.15) is 59.3 Å². The molecule has 0 aliphatic rings. The van der Waals surface area contributed by atoms with Crippen LogP contribution in [0.25, 0.3) is 0 Å². The quantitative estimate of drug-likeness (QED) is 0.465. The molecule has 0 aliphatic carbocycles. The van der Waals surface area contributed by atoms with Crippen molar-refractivity contribution < 1.29 is 28.9 Å². The Morgan fingerprint density at radius 3 is 2.09 bits per heavy atom. The van der Waals surface area contributed by atoms with Crippen molar-refractivity contribution in [2.45, 2.75) is 65.4 Å². The fourth-order valence-electron chi connectivity index (χ4n) is 1.27. The summed E-state index contributed by atoms with van der Waals surface area (Å²) in [5.74, 6) is -0.764. The van der Waals surface area contributed by atoms with Crippen LogP contribution in [-0.4, -0.2) is 50.1 Å². The lowest BCUT2D eigenvalue weighted by Crippen LogP contribution is -2.19. The Morgan fingerprint density at radius 1 is 1.05 bits per heavy atom. The number of esters is 2. The largest absolute Gasteiger partial charge is 0.466 e. The first-order valence-electron chi connectivity index (χ1n) is 7.93. The van der Waals surface area contributed by atoms with Crippen LogP contribution in [0.5, 0.6) is 0 Å². The molecule has 0 rings (SSSR count). The Bertz CT molecular complexity index is 263. The molecule has 0 aromatic heterocycles. The van der Waals surface area contributed by atoms with E-state index in [1.807, 2.05) is 6.92 Å². The zero-order valence-electron chi connectivity index (χ0n) is 14.4. The molecule has 0 amide bonds. The summed E-state index contributed by atoms with van der Waals surface area (Å²) in [6.07, 6.45) is 3.83. The van der Waals surface area contributed by atoms with E-state index in [1.54, 1.807) is 7.11 Å². The molecule has 132 valence electrons. The predicted octanol–water partition coefficient (Wildman–Crippen LogP) is 2.47. The summed E-state index contributed by atoms with van der Waals surface area (Å²) in [6, 6.07) is 0. The van der Waals surface area contributed by atoms with E-state index in [1.165, 1.54) is 19.8 Å². The molecule has 1 atom stereocenters. The molecule has 6 nitrogen and oxygen atoms in total. The number of carbonyl (C=O) groups is 2. The minimum atomic E-state index is -0.803. The molecule has 6 heteroatoms. The number of hydrogen-bond acceptors (Lipinski definition) is 6. The van der Waals surface area contributed by atoms with E-state index in [-0.39, 0.29) is 25.4 Å². The van der Waals surface area contributed by atoms with Gasteiger partial charge in [0.05, 0.1) is 12.7 Å². The van der Waals surface area contributed by atoms with E-state index in [2.05, 4.69) is 11.7 Å². The number of hydrogen-bond donors (Lipinski definition) is 1. The normalized spacial score (nSPS) is 11.1. The highest BCUT2D eigenvalue weighted by molar-refractivity contribution is 5.69. The predicted molar refractivity (Wildman–Crippen MR) is 84.5 cm³/mol. The second-order valence-corrected chi connectivity index (χ2v) is 4.92. The van der Waals surface area contributed by atoms with Crippen LogP contribution in [0.3, 0.4) is 0 Å². The van der Waals surface area contributed by atoms with Gasteiger partial charge in [0.15, 0.2) is 0 Å². The monoisotopic (exact) mass is 320 g/mol. The first-order valence-corrected chi connectivity index (χ1v) is 7.93. The minimum Gasteiger partial charge on any atom is -0.466 e. The Kier molecular flexibility index (Phi) is 18.8. The Hall–Kier alpha value is -1.14. The maximum atomic E-state index is 11.1. The van der Waals surface area contributed by atoms with Gasteiger partial charge < -0.3 is 19.3 Å². The molecular weight excluding hydrogens is 288 g/mol. The molecule has 1 N–H and O–H groups in total. The van der Waals surface area contributed by atoms with E-state index >= 15 is 0 Å². The lowest BCUT2D eigenvalue weighted by molar-refractivity contribution is -0.145. The summed E-state index contributed by atoms with van der Waals surface area (Å²) in [5, 5.41) is 9.33. The topological polar surface area (TPSA) is 82.1 Å². The van der Waals surface area contributed by atoms with Crippen LogP contribution in [0.4, 0.5) is 0 Å². The van der Waals surface area contributed by atoms with E-state index in [0.29, 0.717) is 6.61 Å². The number of ether oxygens (including phenoxy) is 3. The SMILES string of the molecule is CCCCOC.CCCCOC(=O)CCC(O)COC(C)=O. The maximum absolute atomic E-state index is 11.1. The smallest absolute Gasteiger partial charge is 0.305 e.